The maximum absolute atomic E-state index is 2.71. The molecule has 0 radical (unpaired) electrons. The predicted octanol–water partition coefficient (Wildman–Crippen LogP) is 26.4. The minimum Gasteiger partial charge on any atom is -0.310 e. The van der Waals surface area contributed by atoms with Gasteiger partial charge in [-0.25, -0.2) is 0 Å². The molecular weight excluding hydrogens is 1290 g/mol. The quantitative estimate of drug-likeness (QED) is 0.141. The van der Waals surface area contributed by atoms with Crippen LogP contribution in [-0.2, 0) is 32.5 Å². The van der Waals surface area contributed by atoms with Crippen molar-refractivity contribution >= 4 is 101 Å². The predicted molar refractivity (Wildman–Crippen MR) is 463 cm³/mol. The number of rotatable bonds is 8. The third-order valence-electron chi connectivity index (χ3n) is 23.2. The van der Waals surface area contributed by atoms with Crippen LogP contribution in [0.2, 0.25) is 0 Å². The third kappa shape index (κ3) is 11.7. The van der Waals surface area contributed by atoms with Gasteiger partial charge in [-0.15, -0.1) is 0 Å². The molecule has 530 valence electrons. The Hall–Kier alpha value is -10.9. The largest absolute Gasteiger partial charge is 0.310 e. The first kappa shape index (κ1) is 69.2. The van der Waals surface area contributed by atoms with E-state index >= 15 is 0 Å². The van der Waals surface area contributed by atoms with Crippen LogP contribution in [0, 0.1) is 0 Å². The number of aromatic nitrogens is 2. The molecular formula is C102H99BN4. The Balaban J connectivity index is 1.04. The molecule has 0 N–H and O–H groups in total. The van der Waals surface area contributed by atoms with E-state index in [2.05, 4.69) is 417 Å². The maximum Gasteiger partial charge on any atom is 0.252 e. The van der Waals surface area contributed by atoms with Gasteiger partial charge in [-0.2, -0.15) is 0 Å². The van der Waals surface area contributed by atoms with Gasteiger partial charge in [-0.3, -0.25) is 0 Å². The van der Waals surface area contributed by atoms with Crippen LogP contribution in [0.25, 0.3) is 99.5 Å². The summed E-state index contributed by atoms with van der Waals surface area (Å²) in [6.45, 7) is 42.0. The topological polar surface area (TPSA) is 16.3 Å². The summed E-state index contributed by atoms with van der Waals surface area (Å²) in [4.78, 5) is 5.42. The molecule has 0 atom stereocenters. The van der Waals surface area contributed by atoms with Crippen molar-refractivity contribution in [1.82, 2.24) is 9.13 Å². The lowest BCUT2D eigenvalue weighted by Crippen LogP contribution is -2.61. The zero-order valence-corrected chi connectivity index (χ0v) is 65.8. The van der Waals surface area contributed by atoms with Crippen LogP contribution in [-0.4, -0.2) is 15.8 Å². The minimum atomic E-state index is -0.228. The smallest absolute Gasteiger partial charge is 0.252 e. The second-order valence-corrected chi connectivity index (χ2v) is 36.7. The summed E-state index contributed by atoms with van der Waals surface area (Å²) in [5.74, 6) is 0. The van der Waals surface area contributed by atoms with Gasteiger partial charge < -0.3 is 18.9 Å². The molecule has 2 aliphatic rings. The average Bonchev–Trinajstić information content (AvgIpc) is 0.851. The van der Waals surface area contributed by atoms with Gasteiger partial charge in [0, 0.05) is 77.9 Å². The summed E-state index contributed by atoms with van der Waals surface area (Å²) in [6.07, 6.45) is 0. The Bertz CT molecular complexity index is 5410. The Morgan fingerprint density at radius 3 is 0.738 bits per heavy atom. The van der Waals surface area contributed by atoms with Crippen LogP contribution in [0.3, 0.4) is 0 Å². The zero-order chi connectivity index (χ0) is 74.8. The maximum atomic E-state index is 2.71. The van der Waals surface area contributed by atoms with Crippen LogP contribution >= 0.6 is 0 Å². The van der Waals surface area contributed by atoms with Crippen molar-refractivity contribution in [2.24, 2.45) is 0 Å². The number of anilines is 6. The van der Waals surface area contributed by atoms with Gasteiger partial charge in [0.2, 0.25) is 0 Å². The molecule has 0 fully saturated rings. The SMILES string of the molecule is CC(C)(C)c1cc(-c2ccccc2)c(N2c3cc(-n4c5ccc(C(C)(C)C)cc5c5cc(C(C)(C)C)ccc54)ccc3B3c4ccc(-n5c6ccc(C(C)(C)C)cc6c6cc(C(C)(C)C)ccc65)cc4N(c4c(-c5ccccc5)cc(C(C)(C)C)cc4-c4ccccc4)c4cccc2c43)c(-c2ccccc2)c1. The van der Waals surface area contributed by atoms with Crippen molar-refractivity contribution in [2.45, 2.75) is 157 Å². The van der Waals surface area contributed by atoms with Crippen LogP contribution in [0.4, 0.5) is 34.1 Å². The second kappa shape index (κ2) is 24.9. The number of hydrogen-bond donors (Lipinski definition) is 0. The van der Waals surface area contributed by atoms with Gasteiger partial charge in [0.1, 0.15) is 0 Å². The van der Waals surface area contributed by atoms with Gasteiger partial charge in [-0.05, 0) is 214 Å². The monoisotopic (exact) mass is 1390 g/mol. The lowest BCUT2D eigenvalue weighted by atomic mass is 9.33. The molecule has 0 spiro atoms. The summed E-state index contributed by atoms with van der Waals surface area (Å²) < 4.78 is 5.13. The van der Waals surface area contributed by atoms with Gasteiger partial charge in [0.15, 0.2) is 0 Å². The van der Waals surface area contributed by atoms with E-state index in [0.717, 1.165) is 67.8 Å². The van der Waals surface area contributed by atoms with Crippen molar-refractivity contribution in [2.75, 3.05) is 9.80 Å². The van der Waals surface area contributed by atoms with E-state index in [1.165, 1.54) is 116 Å². The zero-order valence-electron chi connectivity index (χ0n) is 65.8. The van der Waals surface area contributed by atoms with Gasteiger partial charge in [0.05, 0.1) is 33.4 Å². The lowest BCUT2D eigenvalue weighted by molar-refractivity contribution is 0.590. The Labute approximate surface area is 635 Å². The Kier molecular flexibility index (Phi) is 16.1. The van der Waals surface area contributed by atoms with Crippen LogP contribution in [0.5, 0.6) is 0 Å². The molecule has 2 aromatic heterocycles. The minimum absolute atomic E-state index is 0.0528. The summed E-state index contributed by atoms with van der Waals surface area (Å²) >= 11 is 0. The molecule has 0 saturated carbocycles. The molecule has 2 aliphatic heterocycles. The first-order chi connectivity index (χ1) is 50.9. The normalized spacial score (nSPS) is 13.5. The van der Waals surface area contributed by atoms with Gasteiger partial charge >= 0.3 is 0 Å². The molecule has 17 rings (SSSR count). The first-order valence-electron chi connectivity index (χ1n) is 38.7. The summed E-state index contributed by atoms with van der Waals surface area (Å²) in [5.41, 5.74) is 34.1. The molecule has 0 amide bonds. The third-order valence-corrected chi connectivity index (χ3v) is 23.2. The van der Waals surface area contributed by atoms with E-state index in [1.54, 1.807) is 0 Å². The molecule has 13 aromatic carbocycles. The highest BCUT2D eigenvalue weighted by Gasteiger charge is 2.46. The standard InChI is InChI=1S/C102H99BN4/c1-97(2,3)68-42-50-86-80(54-68)81-55-69(98(4,5)6)43-51-87(81)104(86)74-46-48-84-92(62-74)106(95-76(64-32-23-19-24-33-64)58-72(101(13,14)15)59-77(95)65-34-25-20-26-35-65)90-40-31-41-91-94(90)103(84)85-49-47-75(105-88-52-44-70(99(7,8)9)56-82(88)83-57-71(100(10,11)12)45-53-89(83)105)63-93(85)107(91)96-78(66-36-27-21-28-37-66)60-73(102(16,17)18)61-79(96)67-38-29-22-30-39-67/h19-63H,1-18H3. The van der Waals surface area contributed by atoms with Crippen LogP contribution < -0.4 is 26.2 Å². The Morgan fingerprint density at radius 1 is 0.224 bits per heavy atom. The number of benzene rings is 13. The van der Waals surface area contributed by atoms with E-state index in [0.29, 0.717) is 0 Å². The van der Waals surface area contributed by atoms with E-state index in [4.69, 9.17) is 0 Å². The molecule has 15 aromatic rings. The first-order valence-corrected chi connectivity index (χ1v) is 38.7. The van der Waals surface area contributed by atoms with Crippen molar-refractivity contribution < 1.29 is 0 Å². The Morgan fingerprint density at radius 2 is 0.486 bits per heavy atom. The van der Waals surface area contributed by atoms with Gasteiger partial charge in [0.25, 0.3) is 6.71 Å². The molecule has 0 saturated heterocycles. The average molecular weight is 1390 g/mol. The van der Waals surface area contributed by atoms with Crippen LogP contribution in [0.1, 0.15) is 158 Å². The number of fused-ring (bicyclic) bond motifs is 10. The lowest BCUT2D eigenvalue weighted by Gasteiger charge is -2.46. The van der Waals surface area contributed by atoms with E-state index < -0.39 is 0 Å². The summed E-state index contributed by atoms with van der Waals surface area (Å²) in [7, 11) is 0. The van der Waals surface area contributed by atoms with Crippen molar-refractivity contribution in [3.63, 3.8) is 0 Å². The molecule has 4 nitrogen and oxygen atoms in total. The molecule has 5 heteroatoms. The molecule has 4 heterocycles. The fourth-order valence-corrected chi connectivity index (χ4v) is 17.1. The highest BCUT2D eigenvalue weighted by Crippen LogP contribution is 2.55. The molecule has 107 heavy (non-hydrogen) atoms. The van der Waals surface area contributed by atoms with Crippen molar-refractivity contribution in [3.05, 3.63) is 306 Å². The van der Waals surface area contributed by atoms with Crippen LogP contribution in [0.15, 0.2) is 273 Å². The highest BCUT2D eigenvalue weighted by atomic mass is 15.2. The van der Waals surface area contributed by atoms with E-state index in [9.17, 15) is 0 Å². The number of nitrogens with zero attached hydrogens (tertiary/aromatic N) is 4. The fourth-order valence-electron chi connectivity index (χ4n) is 17.1. The van der Waals surface area contributed by atoms with Gasteiger partial charge in [-0.1, -0.05) is 288 Å². The van der Waals surface area contributed by atoms with Crippen molar-refractivity contribution in [1.29, 1.82) is 0 Å². The summed E-state index contributed by atoms with van der Waals surface area (Å²) in [5, 5.41) is 5.07. The highest BCUT2D eigenvalue weighted by molar-refractivity contribution is 7.00. The molecule has 0 unspecified atom stereocenters. The number of hydrogen-bond acceptors (Lipinski definition) is 2. The van der Waals surface area contributed by atoms with E-state index in [-0.39, 0.29) is 39.2 Å². The molecule has 0 aliphatic carbocycles. The fraction of sp³-hybridized carbons (Fsp3) is 0.235. The van der Waals surface area contributed by atoms with E-state index in [1.807, 2.05) is 0 Å². The summed E-state index contributed by atoms with van der Waals surface area (Å²) in [6, 6.07) is 106. The molecule has 0 bridgehead atoms. The van der Waals surface area contributed by atoms with Crippen molar-refractivity contribution in [3.8, 4) is 55.9 Å². The second-order valence-electron chi connectivity index (χ2n) is 36.7.